The zero-order valence-electron chi connectivity index (χ0n) is 13.6. The van der Waals surface area contributed by atoms with E-state index in [2.05, 4.69) is 20.9 Å². The zero-order chi connectivity index (χ0) is 17.6. The molecule has 1 saturated carbocycles. The summed E-state index contributed by atoms with van der Waals surface area (Å²) in [6.07, 6.45) is 3.87. The van der Waals surface area contributed by atoms with Crippen LogP contribution in [0.5, 0.6) is 0 Å². The molecule has 1 aromatic heterocycles. The highest BCUT2D eigenvalue weighted by Crippen LogP contribution is 2.27. The SMILES string of the molecule is O=C(CNc1ccc(C(=O)Nc2cccc(Cl)c2)cn1)NCC1CC1. The molecule has 0 saturated heterocycles. The van der Waals surface area contributed by atoms with Crippen molar-refractivity contribution in [3.8, 4) is 0 Å². The van der Waals surface area contributed by atoms with Gasteiger partial charge in [-0.2, -0.15) is 0 Å². The van der Waals surface area contributed by atoms with E-state index in [4.69, 9.17) is 11.6 Å². The molecule has 2 aromatic rings. The third-order valence-electron chi connectivity index (χ3n) is 3.82. The fourth-order valence-electron chi connectivity index (χ4n) is 2.22. The van der Waals surface area contributed by atoms with Gasteiger partial charge in [-0.15, -0.1) is 0 Å². The summed E-state index contributed by atoms with van der Waals surface area (Å²) >= 11 is 5.89. The molecule has 0 unspecified atom stereocenters. The van der Waals surface area contributed by atoms with Crippen LogP contribution in [0, 0.1) is 5.92 Å². The van der Waals surface area contributed by atoms with E-state index in [0.717, 1.165) is 6.54 Å². The second kappa shape index (κ2) is 7.98. The lowest BCUT2D eigenvalue weighted by atomic mass is 10.2. The van der Waals surface area contributed by atoms with Gasteiger partial charge in [0.1, 0.15) is 5.82 Å². The second-order valence-electron chi connectivity index (χ2n) is 6.00. The van der Waals surface area contributed by atoms with Crippen molar-refractivity contribution in [2.24, 2.45) is 5.92 Å². The third-order valence-corrected chi connectivity index (χ3v) is 4.06. The van der Waals surface area contributed by atoms with Crippen molar-refractivity contribution in [2.75, 3.05) is 23.7 Å². The van der Waals surface area contributed by atoms with Gasteiger partial charge in [0.2, 0.25) is 5.91 Å². The Kier molecular flexibility index (Phi) is 5.50. The van der Waals surface area contributed by atoms with Gasteiger partial charge in [0.15, 0.2) is 0 Å². The Hall–Kier alpha value is -2.60. The summed E-state index contributed by atoms with van der Waals surface area (Å²) in [5.74, 6) is 0.861. The molecule has 1 aliphatic rings. The van der Waals surface area contributed by atoms with Crippen molar-refractivity contribution in [1.82, 2.24) is 10.3 Å². The highest BCUT2D eigenvalue weighted by atomic mass is 35.5. The number of aromatic nitrogens is 1. The Morgan fingerprint density at radius 1 is 1.20 bits per heavy atom. The lowest BCUT2D eigenvalue weighted by Crippen LogP contribution is -2.31. The third kappa shape index (κ3) is 5.46. The van der Waals surface area contributed by atoms with Gasteiger partial charge < -0.3 is 16.0 Å². The first kappa shape index (κ1) is 17.2. The lowest BCUT2D eigenvalue weighted by Gasteiger charge is -2.08. The number of carbonyl (C=O) groups is 2. The number of hydrogen-bond acceptors (Lipinski definition) is 4. The first-order valence-corrected chi connectivity index (χ1v) is 8.51. The molecule has 1 aliphatic carbocycles. The largest absolute Gasteiger partial charge is 0.361 e. The minimum absolute atomic E-state index is 0.0588. The summed E-state index contributed by atoms with van der Waals surface area (Å²) in [6, 6.07) is 10.2. The van der Waals surface area contributed by atoms with Gasteiger partial charge in [0.05, 0.1) is 12.1 Å². The number of anilines is 2. The number of nitrogens with zero attached hydrogens (tertiary/aromatic N) is 1. The van der Waals surface area contributed by atoms with Crippen LogP contribution in [-0.4, -0.2) is 29.9 Å². The molecule has 0 radical (unpaired) electrons. The zero-order valence-corrected chi connectivity index (χ0v) is 14.3. The minimum Gasteiger partial charge on any atom is -0.361 e. The Labute approximate surface area is 151 Å². The van der Waals surface area contributed by atoms with Gasteiger partial charge in [-0.3, -0.25) is 9.59 Å². The van der Waals surface area contributed by atoms with Crippen LogP contribution in [-0.2, 0) is 4.79 Å². The van der Waals surface area contributed by atoms with Crippen molar-refractivity contribution in [2.45, 2.75) is 12.8 Å². The van der Waals surface area contributed by atoms with Gasteiger partial charge in [-0.25, -0.2) is 4.98 Å². The summed E-state index contributed by atoms with van der Waals surface area (Å²) in [4.78, 5) is 28.0. The van der Waals surface area contributed by atoms with Crippen LogP contribution in [0.25, 0.3) is 0 Å². The molecule has 0 bridgehead atoms. The molecule has 1 aromatic carbocycles. The predicted octanol–water partition coefficient (Wildman–Crippen LogP) is 2.93. The molecule has 1 heterocycles. The van der Waals surface area contributed by atoms with Gasteiger partial charge in [-0.05, 0) is 49.1 Å². The van der Waals surface area contributed by atoms with Gasteiger partial charge in [-0.1, -0.05) is 17.7 Å². The summed E-state index contributed by atoms with van der Waals surface area (Å²) in [5.41, 5.74) is 1.04. The maximum atomic E-state index is 12.2. The maximum absolute atomic E-state index is 12.2. The molecular weight excluding hydrogens is 340 g/mol. The number of nitrogens with one attached hydrogen (secondary N) is 3. The molecule has 130 valence electrons. The molecule has 2 amide bonds. The standard InChI is InChI=1S/C18H19ClN4O2/c19-14-2-1-3-15(8-14)23-18(25)13-6-7-16(20-10-13)21-11-17(24)22-9-12-4-5-12/h1-3,6-8,10,12H,4-5,9,11H2,(H,20,21)(H,22,24)(H,23,25). The molecule has 6 nitrogen and oxygen atoms in total. The smallest absolute Gasteiger partial charge is 0.257 e. The van der Waals surface area contributed by atoms with E-state index in [0.29, 0.717) is 28.0 Å². The summed E-state index contributed by atoms with van der Waals surface area (Å²) in [5, 5.41) is 9.12. The molecule has 3 N–H and O–H groups in total. The number of pyridine rings is 1. The van der Waals surface area contributed by atoms with Crippen molar-refractivity contribution in [3.05, 3.63) is 53.2 Å². The Morgan fingerprint density at radius 2 is 2.04 bits per heavy atom. The van der Waals surface area contributed by atoms with Crippen molar-refractivity contribution in [1.29, 1.82) is 0 Å². The molecule has 3 rings (SSSR count). The van der Waals surface area contributed by atoms with E-state index in [1.54, 1.807) is 36.4 Å². The molecular formula is C18H19ClN4O2. The van der Waals surface area contributed by atoms with Crippen LogP contribution in [0.1, 0.15) is 23.2 Å². The van der Waals surface area contributed by atoms with Crippen molar-refractivity contribution in [3.63, 3.8) is 0 Å². The topological polar surface area (TPSA) is 83.1 Å². The van der Waals surface area contributed by atoms with Crippen LogP contribution in [0.4, 0.5) is 11.5 Å². The summed E-state index contributed by atoms with van der Waals surface area (Å²) < 4.78 is 0. The second-order valence-corrected chi connectivity index (χ2v) is 6.43. The molecule has 0 aliphatic heterocycles. The average molecular weight is 359 g/mol. The molecule has 0 spiro atoms. The molecule has 25 heavy (non-hydrogen) atoms. The van der Waals surface area contributed by atoms with Crippen molar-refractivity contribution < 1.29 is 9.59 Å². The van der Waals surface area contributed by atoms with Crippen LogP contribution in [0.3, 0.4) is 0 Å². The van der Waals surface area contributed by atoms with E-state index < -0.39 is 0 Å². The first-order chi connectivity index (χ1) is 12.1. The number of halogens is 1. The number of amides is 2. The van der Waals surface area contributed by atoms with Crippen molar-refractivity contribution >= 4 is 34.9 Å². The monoisotopic (exact) mass is 358 g/mol. The lowest BCUT2D eigenvalue weighted by molar-refractivity contribution is -0.119. The van der Waals surface area contributed by atoms with Gasteiger partial charge in [0.25, 0.3) is 5.91 Å². The first-order valence-electron chi connectivity index (χ1n) is 8.14. The molecule has 7 heteroatoms. The average Bonchev–Trinajstić information content (AvgIpc) is 3.43. The highest BCUT2D eigenvalue weighted by Gasteiger charge is 2.21. The normalized spacial score (nSPS) is 13.2. The summed E-state index contributed by atoms with van der Waals surface area (Å²) in [7, 11) is 0. The molecule has 1 fully saturated rings. The van der Waals surface area contributed by atoms with Crippen LogP contribution in [0.2, 0.25) is 5.02 Å². The number of hydrogen-bond donors (Lipinski definition) is 3. The van der Waals surface area contributed by atoms with E-state index in [1.165, 1.54) is 19.0 Å². The van der Waals surface area contributed by atoms with Gasteiger partial charge >= 0.3 is 0 Å². The Balaban J connectivity index is 1.49. The minimum atomic E-state index is -0.275. The van der Waals surface area contributed by atoms with Crippen LogP contribution in [0.15, 0.2) is 42.6 Å². The van der Waals surface area contributed by atoms with E-state index in [9.17, 15) is 9.59 Å². The maximum Gasteiger partial charge on any atom is 0.257 e. The van der Waals surface area contributed by atoms with Gasteiger partial charge in [0, 0.05) is 23.5 Å². The van der Waals surface area contributed by atoms with E-state index >= 15 is 0 Å². The number of rotatable bonds is 7. The van der Waals surface area contributed by atoms with Crippen LogP contribution < -0.4 is 16.0 Å². The fraction of sp³-hybridized carbons (Fsp3) is 0.278. The van der Waals surface area contributed by atoms with E-state index in [1.807, 2.05) is 0 Å². The van der Waals surface area contributed by atoms with Crippen LogP contribution >= 0.6 is 11.6 Å². The fourth-order valence-corrected chi connectivity index (χ4v) is 2.41. The quantitative estimate of drug-likeness (QED) is 0.710. The number of benzene rings is 1. The number of carbonyl (C=O) groups excluding carboxylic acids is 2. The Bertz CT molecular complexity index is 760. The van der Waals surface area contributed by atoms with E-state index in [-0.39, 0.29) is 18.4 Å². The highest BCUT2D eigenvalue weighted by molar-refractivity contribution is 6.30. The Morgan fingerprint density at radius 3 is 2.72 bits per heavy atom. The predicted molar refractivity (Wildman–Crippen MR) is 97.9 cm³/mol. The summed E-state index contributed by atoms with van der Waals surface area (Å²) in [6.45, 7) is 0.907. The molecule has 0 atom stereocenters.